The number of Topliss-reactive ketones (excluding diaryl/α,β-unsaturated/α-hetero) is 1. The molecule has 12 nitrogen and oxygen atoms in total. The molecule has 0 aliphatic carbocycles. The third-order valence-corrected chi connectivity index (χ3v) is 4.21. The number of nitrogens with one attached hydrogen (secondary N) is 2. The third kappa shape index (κ3) is 11.1. The van der Waals surface area contributed by atoms with E-state index in [0.29, 0.717) is 0 Å². The largest absolute Gasteiger partial charge is 0.480 e. The third-order valence-electron chi connectivity index (χ3n) is 4.21. The Kier molecular flexibility index (Phi) is 11.0. The van der Waals surface area contributed by atoms with Crippen molar-refractivity contribution in [2.45, 2.75) is 70.5 Å². The molecule has 0 spiro atoms. The maximum absolute atomic E-state index is 12.0. The van der Waals surface area contributed by atoms with E-state index >= 15 is 0 Å². The number of aliphatic carboxylic acids is 3. The molecule has 0 radical (unpaired) electrons. The van der Waals surface area contributed by atoms with E-state index in [4.69, 9.17) is 6.52 Å². The van der Waals surface area contributed by atoms with Crippen LogP contribution in [0.1, 0.15) is 52.4 Å². The van der Waals surface area contributed by atoms with Crippen molar-refractivity contribution in [1.29, 1.82) is 0 Å². The second kappa shape index (κ2) is 13.2. The first kappa shape index (κ1) is 25.0. The summed E-state index contributed by atoms with van der Waals surface area (Å²) in [6.45, 7) is 3.34. The van der Waals surface area contributed by atoms with Crippen molar-refractivity contribution in [3.63, 3.8) is 0 Å². The molecule has 12 heteroatoms. The van der Waals surface area contributed by atoms with Gasteiger partial charge in [-0.25, -0.2) is 9.59 Å². The van der Waals surface area contributed by atoms with Crippen molar-refractivity contribution in [2.24, 2.45) is 11.6 Å². The van der Waals surface area contributed by atoms with Gasteiger partial charge in [0.1, 0.15) is 25.3 Å². The zero-order chi connectivity index (χ0) is 24.1. The molecule has 0 saturated carbocycles. The van der Waals surface area contributed by atoms with Gasteiger partial charge in [-0.2, -0.15) is 0 Å². The average Bonchev–Trinajstić information content (AvgIpc) is 2.67. The molecule has 0 unspecified atom stereocenters. The summed E-state index contributed by atoms with van der Waals surface area (Å²) in [5.74, 6) is -6.04. The average molecular weight is 432 g/mol. The number of carboxylic acids is 3. The van der Waals surface area contributed by atoms with E-state index in [1.165, 1.54) is 0 Å². The molecule has 0 aliphatic rings. The quantitative estimate of drug-likeness (QED) is 0.177. The molecule has 7 N–H and O–H groups in total. The summed E-state index contributed by atoms with van der Waals surface area (Å²) in [4.78, 5) is 68.9. The molecule has 0 aromatic heterocycles. The normalized spacial score (nSPS) is 14.2. The van der Waals surface area contributed by atoms with E-state index in [0.717, 1.165) is 0 Å². The highest BCUT2D eigenvalue weighted by Crippen LogP contribution is 2.07. The zero-order valence-electron chi connectivity index (χ0n) is 17.8. The summed E-state index contributed by atoms with van der Waals surface area (Å²) in [7, 11) is 0. The molecule has 3 atom stereocenters. The Morgan fingerprint density at radius 1 is 0.767 bits per heavy atom. The first-order chi connectivity index (χ1) is 14.4. The lowest BCUT2D eigenvalue weighted by Gasteiger charge is -2.17. The molecule has 0 aromatic rings. The number of carbonyl (C=O) groups is 6. The molecule has 0 saturated heterocycles. The van der Waals surface area contributed by atoms with Crippen LogP contribution < -0.4 is 16.4 Å². The van der Waals surface area contributed by atoms with Crippen LogP contribution in [0.2, 0.25) is 1.41 Å². The lowest BCUT2D eigenvalue weighted by Crippen LogP contribution is -2.44. The number of amides is 2. The van der Waals surface area contributed by atoms with E-state index in [9.17, 15) is 39.0 Å². The van der Waals surface area contributed by atoms with Gasteiger partial charge in [0.25, 0.3) is 0 Å². The standard InChI is InChI=1S/C18H29N3O9/c1-9(2)13(22)6-4-11(17(27)28)20-15(24)8-5-12(18(29)30)21-14(23)7-3-10(19)16(25)26/h9-12H,3-8,19H2,1-2H3,(H,20,24)(H,21,23)(H,25,26)(H,27,28)(H,29,30)/t10-,11-,12-/m0/s1/i/hD. The Hall–Kier alpha value is -3.02. The van der Waals surface area contributed by atoms with Crippen LogP contribution in [0.15, 0.2) is 0 Å². The van der Waals surface area contributed by atoms with E-state index in [2.05, 4.69) is 10.6 Å². The molecule has 0 heterocycles. The summed E-state index contributed by atoms with van der Waals surface area (Å²) in [5, 5.41) is 31.6. The van der Waals surface area contributed by atoms with Gasteiger partial charge in [0.05, 0.1) is 0 Å². The minimum absolute atomic E-state index is 0.0345. The highest BCUT2D eigenvalue weighted by atomic mass is 16.4. The van der Waals surface area contributed by atoms with Gasteiger partial charge in [-0.05, 0) is 19.3 Å². The Labute approximate surface area is 174 Å². The van der Waals surface area contributed by atoms with Crippen LogP contribution >= 0.6 is 0 Å². The number of nitrogens with two attached hydrogens (primary N) is 1. The number of hydrogen-bond acceptors (Lipinski definition) is 7. The van der Waals surface area contributed by atoms with Crippen LogP contribution in [0.3, 0.4) is 0 Å². The summed E-state index contributed by atoms with van der Waals surface area (Å²) in [5.41, 5.74) is 1.76. The number of carboxylic acid groups (broad SMARTS) is 3. The van der Waals surface area contributed by atoms with Crippen LogP contribution in [0, 0.1) is 5.92 Å². The van der Waals surface area contributed by atoms with Crippen LogP contribution in [0.5, 0.6) is 0 Å². The summed E-state index contributed by atoms with van der Waals surface area (Å²) < 4.78 is 6.86. The second-order valence-corrected chi connectivity index (χ2v) is 7.04. The maximum Gasteiger partial charge on any atom is 0.326 e. The predicted octanol–water partition coefficient (Wildman–Crippen LogP) is -0.897. The molecule has 0 aromatic carbocycles. The minimum Gasteiger partial charge on any atom is -0.480 e. The number of ketones is 1. The van der Waals surface area contributed by atoms with Gasteiger partial charge >= 0.3 is 17.9 Å². The van der Waals surface area contributed by atoms with E-state index in [-0.39, 0.29) is 43.8 Å². The van der Waals surface area contributed by atoms with E-state index in [1.54, 1.807) is 19.6 Å². The lowest BCUT2D eigenvalue weighted by atomic mass is 10.0. The highest BCUT2D eigenvalue weighted by Gasteiger charge is 2.25. The molecule has 0 bridgehead atoms. The Morgan fingerprint density at radius 2 is 1.20 bits per heavy atom. The number of rotatable bonds is 16. The van der Waals surface area contributed by atoms with Crippen molar-refractivity contribution >= 4 is 35.5 Å². The van der Waals surface area contributed by atoms with Gasteiger partial charge in [0.15, 0.2) is 0 Å². The fourth-order valence-corrected chi connectivity index (χ4v) is 2.30. The van der Waals surface area contributed by atoms with E-state index < -0.39 is 54.3 Å². The van der Waals surface area contributed by atoms with Crippen LogP contribution in [0.25, 0.3) is 0 Å². The fourth-order valence-electron chi connectivity index (χ4n) is 2.30. The second-order valence-electron chi connectivity index (χ2n) is 7.04. The van der Waals surface area contributed by atoms with Crippen molar-refractivity contribution in [2.75, 3.05) is 0 Å². The van der Waals surface area contributed by atoms with Crippen LogP contribution in [-0.4, -0.2) is 69.0 Å². The van der Waals surface area contributed by atoms with Gasteiger partial charge in [0.2, 0.25) is 11.8 Å². The maximum atomic E-state index is 12.0. The summed E-state index contributed by atoms with van der Waals surface area (Å²) in [6.07, 6.45) is -1.47. The molecule has 2 amide bonds. The number of carbonyl (C=O) groups excluding carboxylic acids is 3. The molecule has 30 heavy (non-hydrogen) atoms. The SMILES string of the molecule is [2H]N[C@@H](CCC(=O)N[C@@H](CCC(=O)N[C@@H](CCC(=O)C(C)C)C(=O)O)C(=O)O)C(=O)O. The minimum atomic E-state index is -1.45. The van der Waals surface area contributed by atoms with E-state index in [1.807, 2.05) is 0 Å². The Morgan fingerprint density at radius 3 is 1.57 bits per heavy atom. The van der Waals surface area contributed by atoms with Crippen molar-refractivity contribution in [3.8, 4) is 0 Å². The molecular formula is C18H29N3O9. The van der Waals surface area contributed by atoms with Crippen LogP contribution in [-0.2, 0) is 28.8 Å². The molecule has 0 aliphatic heterocycles. The summed E-state index contributed by atoms with van der Waals surface area (Å²) in [6, 6.07) is -4.05. The van der Waals surface area contributed by atoms with Gasteiger partial charge in [-0.15, -0.1) is 0 Å². The first-order valence-electron chi connectivity index (χ1n) is 9.86. The van der Waals surface area contributed by atoms with Crippen molar-refractivity contribution < 1.29 is 45.5 Å². The molecule has 170 valence electrons. The lowest BCUT2D eigenvalue weighted by molar-refractivity contribution is -0.143. The zero-order valence-corrected chi connectivity index (χ0v) is 16.8. The van der Waals surface area contributed by atoms with Gasteiger partial charge < -0.3 is 31.7 Å². The Balaban J connectivity index is 4.66. The fraction of sp³-hybridized carbons (Fsp3) is 0.667. The van der Waals surface area contributed by atoms with Gasteiger partial charge in [-0.1, -0.05) is 13.8 Å². The highest BCUT2D eigenvalue weighted by molar-refractivity contribution is 5.87. The molecule has 0 fully saturated rings. The first-order valence-corrected chi connectivity index (χ1v) is 9.36. The monoisotopic (exact) mass is 432 g/mol. The topological polar surface area (TPSA) is 213 Å². The summed E-state index contributed by atoms with van der Waals surface area (Å²) >= 11 is 0. The van der Waals surface area contributed by atoms with Crippen LogP contribution in [0.4, 0.5) is 0 Å². The van der Waals surface area contributed by atoms with Crippen molar-refractivity contribution in [1.82, 2.24) is 10.6 Å². The van der Waals surface area contributed by atoms with Gasteiger partial charge in [0, 0.05) is 25.2 Å². The number of hydrogen-bond donors (Lipinski definition) is 6. The van der Waals surface area contributed by atoms with Crippen molar-refractivity contribution in [3.05, 3.63) is 0 Å². The van der Waals surface area contributed by atoms with Gasteiger partial charge in [-0.3, -0.25) is 19.2 Å². The Bertz CT molecular complexity index is 684. The molecule has 0 rings (SSSR count). The smallest absolute Gasteiger partial charge is 0.326 e. The molecular weight excluding hydrogens is 402 g/mol. The predicted molar refractivity (Wildman–Crippen MR) is 102 cm³/mol.